The molecule has 3 rings (SSSR count). The number of hydrogen-bond donors (Lipinski definition) is 1. The van der Waals surface area contributed by atoms with Gasteiger partial charge in [0.2, 0.25) is 11.7 Å². The highest BCUT2D eigenvalue weighted by Crippen LogP contribution is 2.28. The second-order valence-corrected chi connectivity index (χ2v) is 5.18. The Bertz CT molecular complexity index is 626. The van der Waals surface area contributed by atoms with Gasteiger partial charge in [0.25, 0.3) is 0 Å². The number of benzene rings is 1. The van der Waals surface area contributed by atoms with Gasteiger partial charge in [-0.1, -0.05) is 5.16 Å². The van der Waals surface area contributed by atoms with E-state index in [2.05, 4.69) is 10.1 Å². The monoisotopic (exact) mass is 290 g/mol. The van der Waals surface area contributed by atoms with Crippen molar-refractivity contribution in [1.29, 1.82) is 0 Å². The van der Waals surface area contributed by atoms with Crippen molar-refractivity contribution in [2.75, 3.05) is 20.3 Å². The topological polar surface area (TPSA) is 77.6 Å². The number of hydrogen-bond acceptors (Lipinski definition) is 6. The molecule has 1 aromatic heterocycles. The van der Waals surface area contributed by atoms with E-state index in [1.165, 1.54) is 0 Å². The van der Waals surface area contributed by atoms with E-state index in [-0.39, 0.29) is 5.92 Å². The van der Waals surface area contributed by atoms with Gasteiger partial charge in [0.15, 0.2) is 0 Å². The van der Waals surface area contributed by atoms with Crippen LogP contribution in [0.15, 0.2) is 22.7 Å². The number of rotatable bonds is 3. The first-order chi connectivity index (χ1) is 10.2. The Morgan fingerprint density at radius 3 is 2.95 bits per heavy atom. The van der Waals surface area contributed by atoms with E-state index in [1.807, 2.05) is 25.1 Å². The molecular formula is C15H18N2O4. The molecule has 1 fully saturated rings. The Hall–Kier alpha value is -1.92. The lowest BCUT2D eigenvalue weighted by Gasteiger charge is -2.24. The zero-order chi connectivity index (χ0) is 14.8. The van der Waals surface area contributed by atoms with Crippen LogP contribution in [0.4, 0.5) is 0 Å². The zero-order valence-corrected chi connectivity index (χ0v) is 12.1. The fourth-order valence-corrected chi connectivity index (χ4v) is 2.48. The van der Waals surface area contributed by atoms with Gasteiger partial charge in [-0.25, -0.2) is 0 Å². The van der Waals surface area contributed by atoms with Crippen LogP contribution in [-0.2, 0) is 4.74 Å². The summed E-state index contributed by atoms with van der Waals surface area (Å²) < 4.78 is 15.9. The number of aliphatic hydroxyl groups excluding tert-OH is 1. The van der Waals surface area contributed by atoms with E-state index in [4.69, 9.17) is 14.0 Å². The molecule has 0 saturated carbocycles. The predicted molar refractivity (Wildman–Crippen MR) is 75.2 cm³/mol. The molecule has 2 heterocycles. The maximum Gasteiger partial charge on any atom is 0.235 e. The van der Waals surface area contributed by atoms with Gasteiger partial charge in [0.1, 0.15) is 5.75 Å². The number of aryl methyl sites for hydroxylation is 1. The molecule has 1 saturated heterocycles. The summed E-state index contributed by atoms with van der Waals surface area (Å²) in [6.45, 7) is 2.93. The maximum atomic E-state index is 9.99. The van der Waals surface area contributed by atoms with Crippen molar-refractivity contribution in [3.8, 4) is 17.1 Å². The average molecular weight is 290 g/mol. The first-order valence-electron chi connectivity index (χ1n) is 6.93. The minimum atomic E-state index is -0.496. The summed E-state index contributed by atoms with van der Waals surface area (Å²) in [4.78, 5) is 4.39. The fourth-order valence-electron chi connectivity index (χ4n) is 2.48. The smallest absolute Gasteiger partial charge is 0.235 e. The molecule has 0 radical (unpaired) electrons. The third kappa shape index (κ3) is 2.77. The number of aliphatic hydroxyl groups is 1. The molecule has 21 heavy (non-hydrogen) atoms. The van der Waals surface area contributed by atoms with Crippen molar-refractivity contribution in [2.24, 2.45) is 0 Å². The second kappa shape index (κ2) is 5.83. The predicted octanol–water partition coefficient (Wildman–Crippen LogP) is 1.92. The number of methoxy groups -OCH3 is 1. The Kier molecular flexibility index (Phi) is 3.90. The number of nitrogens with zero attached hydrogens (tertiary/aromatic N) is 2. The van der Waals surface area contributed by atoms with Crippen LogP contribution in [0.1, 0.15) is 23.8 Å². The lowest BCUT2D eigenvalue weighted by atomic mass is 9.99. The van der Waals surface area contributed by atoms with Crippen LogP contribution in [-0.4, -0.2) is 41.7 Å². The minimum absolute atomic E-state index is 0.251. The normalized spacial score (nSPS) is 22.2. The molecule has 2 atom stereocenters. The van der Waals surface area contributed by atoms with Gasteiger partial charge < -0.3 is 19.1 Å². The quantitative estimate of drug-likeness (QED) is 0.930. The fraction of sp³-hybridized carbons (Fsp3) is 0.467. The molecule has 1 aliphatic heterocycles. The van der Waals surface area contributed by atoms with Gasteiger partial charge in [-0.15, -0.1) is 0 Å². The standard InChI is InChI=1S/C15H18N2O4/c1-9-7-10(3-4-13(9)19-2)14-16-15(21-17-14)11-8-20-6-5-12(11)18/h3-4,7,11-12,18H,5-6,8H2,1-2H3. The van der Waals surface area contributed by atoms with E-state index in [0.29, 0.717) is 31.3 Å². The highest BCUT2D eigenvalue weighted by Gasteiger charge is 2.30. The molecule has 2 unspecified atom stereocenters. The van der Waals surface area contributed by atoms with E-state index in [9.17, 15) is 5.11 Å². The summed E-state index contributed by atoms with van der Waals surface area (Å²) in [6, 6.07) is 5.70. The summed E-state index contributed by atoms with van der Waals surface area (Å²) in [7, 11) is 1.64. The van der Waals surface area contributed by atoms with Crippen LogP contribution >= 0.6 is 0 Å². The zero-order valence-electron chi connectivity index (χ0n) is 12.1. The number of aromatic nitrogens is 2. The van der Waals surface area contributed by atoms with Gasteiger partial charge in [-0.3, -0.25) is 0 Å². The average Bonchev–Trinajstić information content (AvgIpc) is 2.97. The molecule has 1 aliphatic rings. The van der Waals surface area contributed by atoms with E-state index in [1.54, 1.807) is 7.11 Å². The van der Waals surface area contributed by atoms with Crippen LogP contribution in [0.25, 0.3) is 11.4 Å². The molecule has 2 aromatic rings. The van der Waals surface area contributed by atoms with E-state index in [0.717, 1.165) is 16.9 Å². The third-order valence-corrected chi connectivity index (χ3v) is 3.73. The second-order valence-electron chi connectivity index (χ2n) is 5.18. The summed E-state index contributed by atoms with van der Waals surface area (Å²) in [5, 5.41) is 14.0. The van der Waals surface area contributed by atoms with E-state index < -0.39 is 6.10 Å². The molecule has 6 nitrogen and oxygen atoms in total. The Labute approximate surface area is 122 Å². The summed E-state index contributed by atoms with van der Waals surface area (Å²) in [6.07, 6.45) is 0.0916. The largest absolute Gasteiger partial charge is 0.496 e. The van der Waals surface area contributed by atoms with Crippen molar-refractivity contribution < 1.29 is 19.1 Å². The Morgan fingerprint density at radius 1 is 1.38 bits per heavy atom. The highest BCUT2D eigenvalue weighted by molar-refractivity contribution is 5.58. The van der Waals surface area contributed by atoms with Crippen molar-refractivity contribution in [2.45, 2.75) is 25.4 Å². The Morgan fingerprint density at radius 2 is 2.24 bits per heavy atom. The molecular weight excluding hydrogens is 272 g/mol. The molecule has 0 bridgehead atoms. The van der Waals surface area contributed by atoms with Crippen LogP contribution in [0.2, 0.25) is 0 Å². The first-order valence-corrected chi connectivity index (χ1v) is 6.93. The summed E-state index contributed by atoms with van der Waals surface area (Å²) in [5.74, 6) is 1.50. The van der Waals surface area contributed by atoms with Crippen molar-refractivity contribution in [3.05, 3.63) is 29.7 Å². The first kappa shape index (κ1) is 14.0. The van der Waals surface area contributed by atoms with Crippen LogP contribution in [0.5, 0.6) is 5.75 Å². The molecule has 0 spiro atoms. The lowest BCUT2D eigenvalue weighted by Crippen LogP contribution is -2.30. The van der Waals surface area contributed by atoms with Gasteiger partial charge >= 0.3 is 0 Å². The van der Waals surface area contributed by atoms with Gasteiger partial charge in [-0.05, 0) is 37.1 Å². The highest BCUT2D eigenvalue weighted by atomic mass is 16.5. The SMILES string of the molecule is COc1ccc(-c2noc(C3COCCC3O)n2)cc1C. The minimum Gasteiger partial charge on any atom is -0.496 e. The third-order valence-electron chi connectivity index (χ3n) is 3.73. The van der Waals surface area contributed by atoms with Crippen LogP contribution in [0, 0.1) is 6.92 Å². The van der Waals surface area contributed by atoms with E-state index >= 15 is 0 Å². The molecule has 1 aromatic carbocycles. The van der Waals surface area contributed by atoms with Gasteiger partial charge in [-0.2, -0.15) is 4.98 Å². The van der Waals surface area contributed by atoms with Gasteiger partial charge in [0.05, 0.1) is 25.7 Å². The van der Waals surface area contributed by atoms with Crippen molar-refractivity contribution in [1.82, 2.24) is 10.1 Å². The lowest BCUT2D eigenvalue weighted by molar-refractivity contribution is -0.0149. The molecule has 0 amide bonds. The molecule has 6 heteroatoms. The van der Waals surface area contributed by atoms with Crippen molar-refractivity contribution in [3.63, 3.8) is 0 Å². The molecule has 112 valence electrons. The Balaban J connectivity index is 1.86. The molecule has 0 aliphatic carbocycles. The van der Waals surface area contributed by atoms with Crippen LogP contribution < -0.4 is 4.74 Å². The summed E-state index contributed by atoms with van der Waals surface area (Å²) >= 11 is 0. The van der Waals surface area contributed by atoms with Gasteiger partial charge in [0, 0.05) is 12.2 Å². The van der Waals surface area contributed by atoms with Crippen LogP contribution in [0.3, 0.4) is 0 Å². The summed E-state index contributed by atoms with van der Waals surface area (Å²) in [5.41, 5.74) is 1.86. The number of ether oxygens (including phenoxy) is 2. The maximum absolute atomic E-state index is 9.99. The van der Waals surface area contributed by atoms with Crippen molar-refractivity contribution >= 4 is 0 Å². The molecule has 1 N–H and O–H groups in total.